The Kier molecular flexibility index (Phi) is 12.8. The number of aromatic carboxylic acids is 1. The van der Waals surface area contributed by atoms with Gasteiger partial charge in [-0.2, -0.15) is 0 Å². The van der Waals surface area contributed by atoms with Crippen LogP contribution in [0.1, 0.15) is 107 Å². The summed E-state index contributed by atoms with van der Waals surface area (Å²) >= 11 is 0. The van der Waals surface area contributed by atoms with Gasteiger partial charge in [-0.3, -0.25) is 4.79 Å². The lowest BCUT2D eigenvalue weighted by Crippen LogP contribution is -2.13. The average Bonchev–Trinajstić information content (AvgIpc) is 2.67. The summed E-state index contributed by atoms with van der Waals surface area (Å²) in [4.78, 5) is 23.0. The fraction of sp³-hybridized carbons (Fsp3) is 0.652. The van der Waals surface area contributed by atoms with Gasteiger partial charge in [-0.05, 0) is 24.6 Å². The van der Waals surface area contributed by atoms with E-state index in [0.29, 0.717) is 17.8 Å². The molecule has 0 bridgehead atoms. The highest BCUT2D eigenvalue weighted by atomic mass is 16.4. The van der Waals surface area contributed by atoms with E-state index in [4.69, 9.17) is 10.8 Å². The molecular formula is C23H38N2O3. The van der Waals surface area contributed by atoms with Crippen LogP contribution in [0.5, 0.6) is 0 Å². The van der Waals surface area contributed by atoms with E-state index in [9.17, 15) is 9.59 Å². The van der Waals surface area contributed by atoms with Gasteiger partial charge in [0.2, 0.25) is 5.91 Å². The van der Waals surface area contributed by atoms with Crippen LogP contribution in [0.25, 0.3) is 0 Å². The third-order valence-corrected chi connectivity index (χ3v) is 5.08. The normalized spacial score (nSPS) is 10.8. The molecule has 0 atom stereocenters. The fourth-order valence-electron chi connectivity index (χ4n) is 3.31. The van der Waals surface area contributed by atoms with Gasteiger partial charge in [0.1, 0.15) is 0 Å². The quantitative estimate of drug-likeness (QED) is 0.225. The van der Waals surface area contributed by atoms with Crippen LogP contribution in [0.4, 0.5) is 11.4 Å². The number of rotatable bonds is 16. The molecule has 1 rings (SSSR count). The Hall–Kier alpha value is -2.04. The van der Waals surface area contributed by atoms with Crippen molar-refractivity contribution >= 4 is 23.3 Å². The number of benzene rings is 1. The number of amides is 1. The summed E-state index contributed by atoms with van der Waals surface area (Å²) in [5.41, 5.74) is 6.67. The van der Waals surface area contributed by atoms with Crippen LogP contribution >= 0.6 is 0 Å². The average molecular weight is 391 g/mol. The Morgan fingerprint density at radius 2 is 1.36 bits per heavy atom. The van der Waals surface area contributed by atoms with Crippen LogP contribution in [0, 0.1) is 0 Å². The Morgan fingerprint density at radius 1 is 0.857 bits per heavy atom. The molecule has 0 radical (unpaired) electrons. The number of nitrogens with two attached hydrogens (primary N) is 1. The summed E-state index contributed by atoms with van der Waals surface area (Å²) in [5, 5.41) is 11.7. The van der Waals surface area contributed by atoms with Gasteiger partial charge in [0.05, 0.1) is 16.9 Å². The number of unbranched alkanes of at least 4 members (excludes halogenated alkanes) is 12. The number of nitrogen functional groups attached to an aromatic ring is 1. The lowest BCUT2D eigenvalue weighted by atomic mass is 10.0. The maximum Gasteiger partial charge on any atom is 0.335 e. The maximum absolute atomic E-state index is 12.0. The van der Waals surface area contributed by atoms with Gasteiger partial charge in [-0.15, -0.1) is 0 Å². The van der Waals surface area contributed by atoms with Gasteiger partial charge in [0, 0.05) is 6.42 Å². The van der Waals surface area contributed by atoms with Gasteiger partial charge < -0.3 is 16.2 Å². The molecule has 0 aliphatic rings. The van der Waals surface area contributed by atoms with Crippen molar-refractivity contribution in [1.82, 2.24) is 0 Å². The van der Waals surface area contributed by atoms with Crippen molar-refractivity contribution in [3.63, 3.8) is 0 Å². The van der Waals surface area contributed by atoms with Crippen molar-refractivity contribution in [3.8, 4) is 0 Å². The smallest absolute Gasteiger partial charge is 0.335 e. The van der Waals surface area contributed by atoms with Crippen LogP contribution < -0.4 is 11.1 Å². The summed E-state index contributed by atoms with van der Waals surface area (Å²) in [6, 6.07) is 4.34. The van der Waals surface area contributed by atoms with E-state index in [1.165, 1.54) is 88.8 Å². The second-order valence-electron chi connectivity index (χ2n) is 7.65. The van der Waals surface area contributed by atoms with Gasteiger partial charge in [-0.1, -0.05) is 84.0 Å². The van der Waals surface area contributed by atoms with Crippen LogP contribution in [0.2, 0.25) is 0 Å². The zero-order chi connectivity index (χ0) is 20.6. The van der Waals surface area contributed by atoms with E-state index in [1.54, 1.807) is 0 Å². The number of carboxylic acids is 1. The summed E-state index contributed by atoms with van der Waals surface area (Å²) < 4.78 is 0. The number of anilines is 2. The van der Waals surface area contributed by atoms with E-state index < -0.39 is 5.97 Å². The van der Waals surface area contributed by atoms with Crippen molar-refractivity contribution in [3.05, 3.63) is 23.8 Å². The molecular weight excluding hydrogens is 352 g/mol. The number of hydrogen-bond donors (Lipinski definition) is 3. The molecule has 0 heterocycles. The monoisotopic (exact) mass is 390 g/mol. The van der Waals surface area contributed by atoms with Crippen molar-refractivity contribution in [2.45, 2.75) is 96.8 Å². The molecule has 0 aliphatic heterocycles. The number of carbonyl (C=O) groups is 2. The molecule has 0 aromatic heterocycles. The second kappa shape index (κ2) is 14.9. The van der Waals surface area contributed by atoms with Crippen molar-refractivity contribution in [2.24, 2.45) is 0 Å². The van der Waals surface area contributed by atoms with Crippen LogP contribution in [-0.4, -0.2) is 17.0 Å². The largest absolute Gasteiger partial charge is 0.478 e. The first-order valence-electron chi connectivity index (χ1n) is 11.0. The molecule has 0 saturated carbocycles. The minimum absolute atomic E-state index is 0.114. The van der Waals surface area contributed by atoms with Crippen LogP contribution in [-0.2, 0) is 4.79 Å². The zero-order valence-corrected chi connectivity index (χ0v) is 17.5. The fourth-order valence-corrected chi connectivity index (χ4v) is 3.31. The third kappa shape index (κ3) is 11.0. The van der Waals surface area contributed by atoms with Gasteiger partial charge >= 0.3 is 5.97 Å². The topological polar surface area (TPSA) is 92.4 Å². The first-order chi connectivity index (χ1) is 13.5. The zero-order valence-electron chi connectivity index (χ0n) is 17.5. The number of hydrogen-bond acceptors (Lipinski definition) is 3. The highest BCUT2D eigenvalue weighted by Gasteiger charge is 2.09. The molecule has 1 amide bonds. The molecule has 1 aromatic rings. The third-order valence-electron chi connectivity index (χ3n) is 5.08. The molecule has 28 heavy (non-hydrogen) atoms. The molecule has 0 saturated heterocycles. The summed E-state index contributed by atoms with van der Waals surface area (Å²) in [6.45, 7) is 2.25. The molecule has 0 unspecified atom stereocenters. The van der Waals surface area contributed by atoms with E-state index >= 15 is 0 Å². The Balaban J connectivity index is 2.03. The van der Waals surface area contributed by atoms with Crippen LogP contribution in [0.15, 0.2) is 18.2 Å². The number of carbonyl (C=O) groups excluding carboxylic acids is 1. The van der Waals surface area contributed by atoms with E-state index in [-0.39, 0.29) is 11.5 Å². The standard InChI is InChI=1S/C23H38N2O3/c1-2-3-4-5-6-7-8-9-10-11-12-13-14-15-22(26)25-21-18-19(23(27)28)16-17-20(21)24/h16-18H,2-15,24H2,1H3,(H,25,26)(H,27,28). The van der Waals surface area contributed by atoms with Gasteiger partial charge in [0.25, 0.3) is 0 Å². The van der Waals surface area contributed by atoms with E-state index in [0.717, 1.165) is 12.8 Å². The lowest BCUT2D eigenvalue weighted by molar-refractivity contribution is -0.116. The van der Waals surface area contributed by atoms with E-state index in [1.807, 2.05) is 0 Å². The van der Waals surface area contributed by atoms with Crippen molar-refractivity contribution in [2.75, 3.05) is 11.1 Å². The van der Waals surface area contributed by atoms with Crippen molar-refractivity contribution in [1.29, 1.82) is 0 Å². The minimum Gasteiger partial charge on any atom is -0.478 e. The predicted octanol–water partition coefficient (Wildman–Crippen LogP) is 6.39. The molecule has 0 spiro atoms. The molecule has 5 nitrogen and oxygen atoms in total. The first-order valence-corrected chi connectivity index (χ1v) is 11.0. The number of carboxylic acid groups (broad SMARTS) is 1. The summed E-state index contributed by atoms with van der Waals surface area (Å²) in [7, 11) is 0. The molecule has 0 fully saturated rings. The molecule has 1 aromatic carbocycles. The minimum atomic E-state index is -1.04. The van der Waals surface area contributed by atoms with E-state index in [2.05, 4.69) is 12.2 Å². The highest BCUT2D eigenvalue weighted by molar-refractivity contribution is 5.97. The molecule has 5 heteroatoms. The SMILES string of the molecule is CCCCCCCCCCCCCCCC(=O)Nc1cc(C(=O)O)ccc1N. The van der Waals surface area contributed by atoms with Gasteiger partial charge in [0.15, 0.2) is 0 Å². The Labute approximate surface area is 170 Å². The van der Waals surface area contributed by atoms with Crippen molar-refractivity contribution < 1.29 is 14.7 Å². The Bertz CT molecular complexity index is 587. The second-order valence-corrected chi connectivity index (χ2v) is 7.65. The molecule has 158 valence electrons. The molecule has 0 aliphatic carbocycles. The maximum atomic E-state index is 12.0. The first kappa shape index (κ1) is 24.0. The summed E-state index contributed by atoms with van der Waals surface area (Å²) in [5.74, 6) is -1.15. The van der Waals surface area contributed by atoms with Crippen LogP contribution in [0.3, 0.4) is 0 Å². The predicted molar refractivity (Wildman–Crippen MR) is 117 cm³/mol. The number of nitrogens with one attached hydrogen (secondary N) is 1. The highest BCUT2D eigenvalue weighted by Crippen LogP contribution is 2.21. The van der Waals surface area contributed by atoms with Gasteiger partial charge in [-0.25, -0.2) is 4.79 Å². The Morgan fingerprint density at radius 3 is 1.86 bits per heavy atom. The summed E-state index contributed by atoms with van der Waals surface area (Å²) in [6.07, 6.45) is 16.9. The lowest BCUT2D eigenvalue weighted by Gasteiger charge is -2.09. The molecule has 4 N–H and O–H groups in total.